The Morgan fingerprint density at radius 1 is 1.29 bits per heavy atom. The SMILES string of the molecule is CNC(C1CCN(c2ccc(C(F)(F)F)cc2)CC1)[C@]1(C)Cn2cc([N+](=O)[O-])nc2O1. The van der Waals surface area contributed by atoms with Crippen LogP contribution in [0.5, 0.6) is 6.01 Å². The molecular weight excluding hydrogens is 415 g/mol. The van der Waals surface area contributed by atoms with Crippen molar-refractivity contribution in [3.8, 4) is 6.01 Å². The molecule has 1 N–H and O–H groups in total. The highest BCUT2D eigenvalue weighted by Crippen LogP contribution is 2.38. The Hall–Kier alpha value is -2.82. The first-order valence-corrected chi connectivity index (χ1v) is 10.1. The summed E-state index contributed by atoms with van der Waals surface area (Å²) in [4.78, 5) is 16.4. The highest BCUT2D eigenvalue weighted by Gasteiger charge is 2.48. The van der Waals surface area contributed by atoms with Crippen LogP contribution in [-0.2, 0) is 12.7 Å². The summed E-state index contributed by atoms with van der Waals surface area (Å²) in [6.07, 6.45) is -1.26. The van der Waals surface area contributed by atoms with E-state index in [4.69, 9.17) is 4.74 Å². The van der Waals surface area contributed by atoms with Gasteiger partial charge in [0.25, 0.3) is 0 Å². The summed E-state index contributed by atoms with van der Waals surface area (Å²) in [6, 6.07) is 5.51. The molecule has 3 heterocycles. The number of ether oxygens (including phenoxy) is 1. The molecule has 1 saturated heterocycles. The molecule has 1 unspecified atom stereocenters. The second-order valence-corrected chi connectivity index (χ2v) is 8.32. The molecule has 31 heavy (non-hydrogen) atoms. The van der Waals surface area contributed by atoms with Crippen LogP contribution in [0, 0.1) is 16.0 Å². The highest BCUT2D eigenvalue weighted by molar-refractivity contribution is 5.48. The van der Waals surface area contributed by atoms with E-state index >= 15 is 0 Å². The van der Waals surface area contributed by atoms with Crippen LogP contribution < -0.4 is 15.0 Å². The third-order valence-corrected chi connectivity index (χ3v) is 6.26. The Balaban J connectivity index is 1.40. The zero-order valence-electron chi connectivity index (χ0n) is 17.2. The number of benzene rings is 1. The maximum atomic E-state index is 12.8. The highest BCUT2D eigenvalue weighted by atomic mass is 19.4. The molecule has 2 aromatic rings. The van der Waals surface area contributed by atoms with Gasteiger partial charge in [-0.1, -0.05) is 0 Å². The molecule has 1 fully saturated rings. The molecule has 0 radical (unpaired) electrons. The van der Waals surface area contributed by atoms with Gasteiger partial charge in [-0.2, -0.15) is 13.2 Å². The molecule has 2 aliphatic rings. The standard InChI is InChI=1S/C20H24F3N5O3/c1-19(12-27-11-16(28(29)30)25-18(27)31-19)17(24-2)13-7-9-26(10-8-13)15-5-3-14(4-6-15)20(21,22)23/h3-6,11,13,17,24H,7-10,12H2,1-2H3/t17?,19-/m0/s1. The number of anilines is 1. The maximum Gasteiger partial charge on any atom is 0.416 e. The van der Waals surface area contributed by atoms with E-state index in [9.17, 15) is 23.3 Å². The van der Waals surface area contributed by atoms with Gasteiger partial charge in [0.2, 0.25) is 0 Å². The largest absolute Gasteiger partial charge is 0.436 e. The van der Waals surface area contributed by atoms with Crippen LogP contribution in [-0.4, -0.2) is 46.3 Å². The topological polar surface area (TPSA) is 85.5 Å². The maximum absolute atomic E-state index is 12.8. The lowest BCUT2D eigenvalue weighted by molar-refractivity contribution is -0.389. The molecule has 0 amide bonds. The van der Waals surface area contributed by atoms with Gasteiger partial charge in [-0.15, -0.1) is 0 Å². The minimum atomic E-state index is -4.34. The van der Waals surface area contributed by atoms with Crippen molar-refractivity contribution < 1.29 is 22.8 Å². The van der Waals surface area contributed by atoms with Crippen LogP contribution in [0.1, 0.15) is 25.3 Å². The van der Waals surface area contributed by atoms with Gasteiger partial charge in [0.15, 0.2) is 0 Å². The van der Waals surface area contributed by atoms with E-state index in [1.54, 1.807) is 4.57 Å². The lowest BCUT2D eigenvalue weighted by Gasteiger charge is -2.42. The average Bonchev–Trinajstić information content (AvgIpc) is 3.24. The van der Waals surface area contributed by atoms with Crippen molar-refractivity contribution in [2.24, 2.45) is 5.92 Å². The Kier molecular flexibility index (Phi) is 5.32. The van der Waals surface area contributed by atoms with E-state index in [1.165, 1.54) is 18.3 Å². The Labute approximate surface area is 177 Å². The van der Waals surface area contributed by atoms with Gasteiger partial charge in [0.05, 0.1) is 18.2 Å². The van der Waals surface area contributed by atoms with Crippen LogP contribution in [0.25, 0.3) is 0 Å². The van der Waals surface area contributed by atoms with Crippen LogP contribution in [0.2, 0.25) is 0 Å². The lowest BCUT2D eigenvalue weighted by Crippen LogP contribution is -2.57. The molecule has 0 aliphatic carbocycles. The molecule has 4 rings (SSSR count). The van der Waals surface area contributed by atoms with E-state index < -0.39 is 22.3 Å². The van der Waals surface area contributed by atoms with Crippen molar-refractivity contribution in [2.45, 2.75) is 44.1 Å². The van der Waals surface area contributed by atoms with Crippen LogP contribution in [0.15, 0.2) is 30.5 Å². The molecule has 168 valence electrons. The van der Waals surface area contributed by atoms with E-state index in [1.807, 2.05) is 14.0 Å². The first-order chi connectivity index (χ1) is 14.6. The quantitative estimate of drug-likeness (QED) is 0.567. The molecule has 0 saturated carbocycles. The van der Waals surface area contributed by atoms with Crippen molar-refractivity contribution in [3.05, 3.63) is 46.1 Å². The smallest absolute Gasteiger partial charge is 0.416 e. The van der Waals surface area contributed by atoms with Crippen LogP contribution in [0.3, 0.4) is 0 Å². The fraction of sp³-hybridized carbons (Fsp3) is 0.550. The second-order valence-electron chi connectivity index (χ2n) is 8.32. The van der Waals surface area contributed by atoms with Crippen molar-refractivity contribution in [1.29, 1.82) is 0 Å². The number of nitro groups is 1. The summed E-state index contributed by atoms with van der Waals surface area (Å²) in [5, 5.41) is 14.3. The van der Waals surface area contributed by atoms with Gasteiger partial charge in [-0.3, -0.25) is 4.57 Å². The van der Waals surface area contributed by atoms with Gasteiger partial charge < -0.3 is 25.1 Å². The number of rotatable bonds is 5. The number of nitrogens with one attached hydrogen (secondary N) is 1. The van der Waals surface area contributed by atoms with Crippen molar-refractivity contribution >= 4 is 11.5 Å². The predicted octanol–water partition coefficient (Wildman–Crippen LogP) is 3.47. The number of nitrogens with zero attached hydrogens (tertiary/aromatic N) is 4. The van der Waals surface area contributed by atoms with Crippen LogP contribution >= 0.6 is 0 Å². The predicted molar refractivity (Wildman–Crippen MR) is 107 cm³/mol. The fourth-order valence-electron chi connectivity index (χ4n) is 4.80. The Morgan fingerprint density at radius 3 is 2.45 bits per heavy atom. The number of likely N-dealkylation sites (N-methyl/N-ethyl adjacent to an activating group) is 1. The summed E-state index contributed by atoms with van der Waals surface area (Å²) < 4.78 is 46.1. The van der Waals surface area contributed by atoms with E-state index in [-0.39, 0.29) is 23.8 Å². The van der Waals surface area contributed by atoms with Crippen LogP contribution in [0.4, 0.5) is 24.7 Å². The normalized spacial score (nSPS) is 22.8. The van der Waals surface area contributed by atoms with Gasteiger partial charge in [0, 0.05) is 23.8 Å². The molecular formula is C20H24F3N5O3. The third-order valence-electron chi connectivity index (χ3n) is 6.26. The van der Waals surface area contributed by atoms with Gasteiger partial charge in [-0.05, 0) is 61.9 Å². The number of alkyl halides is 3. The number of aromatic nitrogens is 2. The molecule has 2 aliphatic heterocycles. The number of fused-ring (bicyclic) bond motifs is 1. The summed E-state index contributed by atoms with van der Waals surface area (Å²) in [5.74, 6) is 0.0446. The van der Waals surface area contributed by atoms with Crippen molar-refractivity contribution in [1.82, 2.24) is 14.9 Å². The number of imidazole rings is 1. The molecule has 0 spiro atoms. The van der Waals surface area contributed by atoms with Gasteiger partial charge >= 0.3 is 18.0 Å². The van der Waals surface area contributed by atoms with E-state index in [0.717, 1.165) is 43.8 Å². The van der Waals surface area contributed by atoms with E-state index in [2.05, 4.69) is 15.2 Å². The molecule has 2 atom stereocenters. The third kappa shape index (κ3) is 4.06. The summed E-state index contributed by atoms with van der Waals surface area (Å²) in [5.41, 5.74) is -0.471. The Morgan fingerprint density at radius 2 is 1.94 bits per heavy atom. The minimum Gasteiger partial charge on any atom is -0.436 e. The molecule has 0 bridgehead atoms. The lowest BCUT2D eigenvalue weighted by atomic mass is 9.80. The first kappa shape index (κ1) is 21.4. The number of piperidine rings is 1. The zero-order chi connectivity index (χ0) is 22.4. The number of hydrogen-bond donors (Lipinski definition) is 1. The number of hydrogen-bond acceptors (Lipinski definition) is 6. The van der Waals surface area contributed by atoms with Gasteiger partial charge in [0.1, 0.15) is 11.8 Å². The first-order valence-electron chi connectivity index (χ1n) is 10.1. The molecule has 8 nitrogen and oxygen atoms in total. The minimum absolute atomic E-state index is 0.0111. The number of halogens is 3. The molecule has 1 aromatic heterocycles. The second kappa shape index (κ2) is 7.70. The molecule has 1 aromatic carbocycles. The monoisotopic (exact) mass is 439 g/mol. The van der Waals surface area contributed by atoms with E-state index in [0.29, 0.717) is 6.54 Å². The zero-order valence-corrected chi connectivity index (χ0v) is 17.2. The van der Waals surface area contributed by atoms with Crippen molar-refractivity contribution in [3.63, 3.8) is 0 Å². The Bertz CT molecular complexity index is 928. The summed E-state index contributed by atoms with van der Waals surface area (Å²) in [7, 11) is 1.87. The summed E-state index contributed by atoms with van der Waals surface area (Å²) in [6.45, 7) is 3.87. The fourth-order valence-corrected chi connectivity index (χ4v) is 4.80. The van der Waals surface area contributed by atoms with Crippen molar-refractivity contribution in [2.75, 3.05) is 25.0 Å². The average molecular weight is 439 g/mol. The summed E-state index contributed by atoms with van der Waals surface area (Å²) >= 11 is 0. The molecule has 11 heteroatoms. The van der Waals surface area contributed by atoms with Gasteiger partial charge in [-0.25, -0.2) is 0 Å².